The second-order valence-electron chi connectivity index (χ2n) is 8.73. The van der Waals surface area contributed by atoms with E-state index >= 15 is 0 Å². The monoisotopic (exact) mass is 488 g/mol. The second kappa shape index (κ2) is 9.87. The van der Waals surface area contributed by atoms with Crippen molar-refractivity contribution in [2.24, 2.45) is 0 Å². The molecule has 2 fully saturated rings. The zero-order chi connectivity index (χ0) is 23.5. The van der Waals surface area contributed by atoms with Gasteiger partial charge in [0.05, 0.1) is 21.8 Å². The van der Waals surface area contributed by atoms with Crippen molar-refractivity contribution in [1.29, 1.82) is 0 Å². The first-order valence-corrected chi connectivity index (χ1v) is 12.5. The lowest BCUT2D eigenvalue weighted by atomic mass is 9.96. The number of hydrogen-bond acceptors (Lipinski definition) is 7. The van der Waals surface area contributed by atoms with Gasteiger partial charge in [0.25, 0.3) is 0 Å². The van der Waals surface area contributed by atoms with Gasteiger partial charge in [-0.1, -0.05) is 42.7 Å². The van der Waals surface area contributed by atoms with E-state index in [1.165, 1.54) is 42.7 Å². The molecule has 1 saturated heterocycles. The van der Waals surface area contributed by atoms with Crippen molar-refractivity contribution in [2.75, 3.05) is 36.4 Å². The second-order valence-corrected chi connectivity index (χ2v) is 9.71. The van der Waals surface area contributed by atoms with Crippen LogP contribution in [0.4, 0.5) is 24.3 Å². The van der Waals surface area contributed by atoms with Gasteiger partial charge >= 0.3 is 6.18 Å². The highest BCUT2D eigenvalue weighted by Gasteiger charge is 2.31. The van der Waals surface area contributed by atoms with E-state index in [9.17, 15) is 13.2 Å². The van der Waals surface area contributed by atoms with E-state index in [2.05, 4.69) is 20.5 Å². The molecule has 1 aromatic carbocycles. The Morgan fingerprint density at radius 3 is 2.59 bits per heavy atom. The molecule has 1 saturated carbocycles. The molecule has 180 valence electrons. The Balaban J connectivity index is 1.53. The van der Waals surface area contributed by atoms with E-state index in [1.807, 2.05) is 0 Å². The van der Waals surface area contributed by atoms with Gasteiger partial charge < -0.3 is 15.5 Å². The van der Waals surface area contributed by atoms with Crippen LogP contribution in [0.5, 0.6) is 0 Å². The van der Waals surface area contributed by atoms with Crippen molar-refractivity contribution in [3.05, 3.63) is 42.1 Å². The van der Waals surface area contributed by atoms with Crippen LogP contribution >= 0.6 is 11.3 Å². The van der Waals surface area contributed by atoms with E-state index < -0.39 is 11.7 Å². The molecule has 2 N–H and O–H groups in total. The number of thiazole rings is 1. The minimum Gasteiger partial charge on any atom is -0.351 e. The lowest BCUT2D eigenvalue weighted by Crippen LogP contribution is -2.43. The van der Waals surface area contributed by atoms with Gasteiger partial charge in [0, 0.05) is 44.0 Å². The van der Waals surface area contributed by atoms with E-state index in [-0.39, 0.29) is 0 Å². The summed E-state index contributed by atoms with van der Waals surface area (Å²) >= 11 is 1.47. The zero-order valence-electron chi connectivity index (χ0n) is 18.7. The lowest BCUT2D eigenvalue weighted by Gasteiger charge is -2.26. The molecule has 0 radical (unpaired) electrons. The van der Waals surface area contributed by atoms with Crippen molar-refractivity contribution in [3.63, 3.8) is 0 Å². The molecule has 0 atom stereocenters. The fourth-order valence-electron chi connectivity index (χ4n) is 4.50. The quantitative estimate of drug-likeness (QED) is 0.499. The van der Waals surface area contributed by atoms with E-state index in [0.29, 0.717) is 28.9 Å². The Hall–Kier alpha value is -2.72. The Morgan fingerprint density at radius 1 is 1.03 bits per heavy atom. The van der Waals surface area contributed by atoms with Gasteiger partial charge in [-0.15, -0.1) is 0 Å². The standard InChI is InChI=1S/C24H27F3N6S/c25-24(26,27)17-6-4-5-16(15-17)20-21(34-23(32-20)33-13-11-28-12-14-33)19-9-10-29-22(31-19)30-18-7-2-1-3-8-18/h4-6,9-10,15,18,28H,1-3,7-8,11-14H2,(H,29,30,31). The fraction of sp³-hybridized carbons (Fsp3) is 0.458. The summed E-state index contributed by atoms with van der Waals surface area (Å²) in [6.07, 6.45) is 3.12. The maximum absolute atomic E-state index is 13.4. The molecule has 2 aromatic heterocycles. The number of halogens is 3. The number of alkyl halides is 3. The third kappa shape index (κ3) is 5.17. The average molecular weight is 489 g/mol. The predicted octanol–water partition coefficient (Wildman–Crippen LogP) is 5.44. The summed E-state index contributed by atoms with van der Waals surface area (Å²) in [5.41, 5.74) is 0.935. The minimum absolute atomic E-state index is 0.352. The molecule has 6 nitrogen and oxygen atoms in total. The SMILES string of the molecule is FC(F)(F)c1cccc(-c2nc(N3CCNCC3)sc2-c2ccnc(NC3CCCCC3)n2)c1. The number of nitrogens with zero attached hydrogens (tertiary/aromatic N) is 4. The first kappa shape index (κ1) is 23.0. The molecule has 0 unspecified atom stereocenters. The van der Waals surface area contributed by atoms with Crippen LogP contribution in [-0.4, -0.2) is 47.2 Å². The van der Waals surface area contributed by atoms with Crippen molar-refractivity contribution in [2.45, 2.75) is 44.3 Å². The Labute approximate surface area is 200 Å². The first-order chi connectivity index (χ1) is 16.5. The molecule has 10 heteroatoms. The molecule has 1 aliphatic heterocycles. The van der Waals surface area contributed by atoms with E-state index in [1.54, 1.807) is 18.3 Å². The molecule has 0 amide bonds. The molecule has 3 heterocycles. The van der Waals surface area contributed by atoms with Crippen molar-refractivity contribution >= 4 is 22.4 Å². The van der Waals surface area contributed by atoms with Gasteiger partial charge in [-0.25, -0.2) is 15.0 Å². The number of anilines is 2. The molecule has 3 aromatic rings. The smallest absolute Gasteiger partial charge is 0.351 e. The zero-order valence-corrected chi connectivity index (χ0v) is 19.6. The summed E-state index contributed by atoms with van der Waals surface area (Å²) in [4.78, 5) is 16.9. The topological polar surface area (TPSA) is 66.0 Å². The van der Waals surface area contributed by atoms with Crippen LogP contribution in [-0.2, 0) is 6.18 Å². The van der Waals surface area contributed by atoms with Crippen molar-refractivity contribution in [1.82, 2.24) is 20.3 Å². The fourth-order valence-corrected chi connectivity index (χ4v) is 5.61. The van der Waals surface area contributed by atoms with Gasteiger partial charge in [-0.3, -0.25) is 0 Å². The summed E-state index contributed by atoms with van der Waals surface area (Å²) in [5.74, 6) is 0.552. The predicted molar refractivity (Wildman–Crippen MR) is 129 cm³/mol. The largest absolute Gasteiger partial charge is 0.416 e. The number of piperazine rings is 1. The summed E-state index contributed by atoms with van der Waals surface area (Å²) in [6.45, 7) is 3.29. The van der Waals surface area contributed by atoms with Crippen LogP contribution in [0.15, 0.2) is 36.5 Å². The summed E-state index contributed by atoms with van der Waals surface area (Å²) in [7, 11) is 0. The lowest BCUT2D eigenvalue weighted by molar-refractivity contribution is -0.137. The highest BCUT2D eigenvalue weighted by Crippen LogP contribution is 2.41. The van der Waals surface area contributed by atoms with E-state index in [0.717, 1.165) is 55.1 Å². The van der Waals surface area contributed by atoms with Crippen LogP contribution in [0.2, 0.25) is 0 Å². The number of rotatable bonds is 5. The number of benzene rings is 1. The number of hydrogen-bond donors (Lipinski definition) is 2. The summed E-state index contributed by atoms with van der Waals surface area (Å²) in [5, 5.41) is 7.56. The van der Waals surface area contributed by atoms with Gasteiger partial charge in [-0.2, -0.15) is 13.2 Å². The summed E-state index contributed by atoms with van der Waals surface area (Å²) in [6, 6.07) is 7.52. The first-order valence-electron chi connectivity index (χ1n) is 11.7. The van der Waals surface area contributed by atoms with Gasteiger partial charge in [0.2, 0.25) is 5.95 Å². The van der Waals surface area contributed by atoms with E-state index in [4.69, 9.17) is 9.97 Å². The van der Waals surface area contributed by atoms with Gasteiger partial charge in [0.1, 0.15) is 0 Å². The van der Waals surface area contributed by atoms with Crippen molar-refractivity contribution in [3.8, 4) is 21.8 Å². The maximum atomic E-state index is 13.4. The van der Waals surface area contributed by atoms with Gasteiger partial charge in [-0.05, 0) is 31.0 Å². The molecule has 1 aliphatic carbocycles. The Morgan fingerprint density at radius 2 is 1.82 bits per heavy atom. The molecule has 0 bridgehead atoms. The number of nitrogens with one attached hydrogen (secondary N) is 2. The summed E-state index contributed by atoms with van der Waals surface area (Å²) < 4.78 is 40.3. The average Bonchev–Trinajstić information content (AvgIpc) is 3.31. The Kier molecular flexibility index (Phi) is 6.69. The molecule has 34 heavy (non-hydrogen) atoms. The van der Waals surface area contributed by atoms with Crippen LogP contribution in [0.3, 0.4) is 0 Å². The maximum Gasteiger partial charge on any atom is 0.416 e. The number of aromatic nitrogens is 3. The third-order valence-corrected chi connectivity index (χ3v) is 7.43. The molecular formula is C24H27F3N6S. The van der Waals surface area contributed by atoms with Crippen LogP contribution in [0, 0.1) is 0 Å². The Bertz CT molecular complexity index is 1120. The molecular weight excluding hydrogens is 461 g/mol. The van der Waals surface area contributed by atoms with Crippen LogP contribution < -0.4 is 15.5 Å². The normalized spacial score (nSPS) is 17.7. The highest BCUT2D eigenvalue weighted by molar-refractivity contribution is 7.19. The van der Waals surface area contributed by atoms with Crippen LogP contribution in [0.25, 0.3) is 21.8 Å². The van der Waals surface area contributed by atoms with Gasteiger partial charge in [0.15, 0.2) is 5.13 Å². The molecule has 0 spiro atoms. The molecule has 2 aliphatic rings. The van der Waals surface area contributed by atoms with Crippen LogP contribution in [0.1, 0.15) is 37.7 Å². The third-order valence-electron chi connectivity index (χ3n) is 6.29. The molecule has 5 rings (SSSR count). The van der Waals surface area contributed by atoms with Crippen molar-refractivity contribution < 1.29 is 13.2 Å². The highest BCUT2D eigenvalue weighted by atomic mass is 32.1. The minimum atomic E-state index is -4.42.